The van der Waals surface area contributed by atoms with E-state index in [4.69, 9.17) is 9.53 Å². The van der Waals surface area contributed by atoms with E-state index in [1.807, 2.05) is 0 Å². The summed E-state index contributed by atoms with van der Waals surface area (Å²) in [5.41, 5.74) is 1.47. The predicted molar refractivity (Wildman–Crippen MR) is 89.8 cm³/mol. The Morgan fingerprint density at radius 3 is 1.48 bits per heavy atom. The summed E-state index contributed by atoms with van der Waals surface area (Å²) in [7, 11) is -2.03. The minimum atomic E-state index is -2.03. The maximum absolute atomic E-state index is 11.4. The van der Waals surface area contributed by atoms with Gasteiger partial charge in [0.1, 0.15) is 0 Å². The first-order chi connectivity index (χ1) is 9.43. The minimum Gasteiger partial charge on any atom is -0.515 e. The second kappa shape index (κ2) is 9.55. The molecule has 0 aliphatic heterocycles. The van der Waals surface area contributed by atoms with Crippen molar-refractivity contribution in [1.82, 2.24) is 0 Å². The van der Waals surface area contributed by atoms with Gasteiger partial charge in [0.2, 0.25) is 0 Å². The number of carbonyl (C=O) groups is 2. The van der Waals surface area contributed by atoms with Gasteiger partial charge in [0.15, 0.2) is 0 Å². The van der Waals surface area contributed by atoms with Crippen molar-refractivity contribution in [3.8, 4) is 0 Å². The zero-order valence-electron chi connectivity index (χ0n) is 14.4. The molecule has 0 heterocycles. The van der Waals surface area contributed by atoms with Crippen LogP contribution in [0.4, 0.5) is 0 Å². The van der Waals surface area contributed by atoms with Crippen molar-refractivity contribution >= 4 is 20.3 Å². The lowest BCUT2D eigenvalue weighted by Crippen LogP contribution is -2.48. The van der Waals surface area contributed by atoms with Gasteiger partial charge in [-0.15, -0.1) is 0 Å². The Bertz CT molecular complexity index is 350. The largest absolute Gasteiger partial charge is 0.515 e. The smallest absolute Gasteiger partial charge is 0.330 e. The Morgan fingerprint density at radius 2 is 1.33 bits per heavy atom. The van der Waals surface area contributed by atoms with Crippen molar-refractivity contribution in [2.45, 2.75) is 65.1 Å². The van der Waals surface area contributed by atoms with Crippen LogP contribution < -0.4 is 0 Å². The SMILES string of the molecule is C=C(C)C(=O)O.C=CC(=O)O[Si](C(C)C)(C(C)C)C(C)C. The van der Waals surface area contributed by atoms with Crippen molar-refractivity contribution in [3.63, 3.8) is 0 Å². The van der Waals surface area contributed by atoms with Crippen LogP contribution in [-0.2, 0) is 14.0 Å². The molecular weight excluding hydrogens is 284 g/mol. The number of aliphatic carboxylic acids is 1. The van der Waals surface area contributed by atoms with Gasteiger partial charge in [-0.3, -0.25) is 0 Å². The number of hydrogen-bond donors (Lipinski definition) is 1. The molecule has 21 heavy (non-hydrogen) atoms. The highest BCUT2D eigenvalue weighted by Crippen LogP contribution is 2.42. The van der Waals surface area contributed by atoms with Gasteiger partial charge in [-0.25, -0.2) is 9.59 Å². The quantitative estimate of drug-likeness (QED) is 0.577. The summed E-state index contributed by atoms with van der Waals surface area (Å²) in [6, 6.07) is 0. The number of hydrogen-bond acceptors (Lipinski definition) is 3. The molecule has 0 aromatic heterocycles. The van der Waals surface area contributed by atoms with Gasteiger partial charge in [-0.1, -0.05) is 54.7 Å². The summed E-state index contributed by atoms with van der Waals surface area (Å²) in [6.07, 6.45) is 1.27. The molecular formula is C16H30O4Si. The van der Waals surface area contributed by atoms with Gasteiger partial charge >= 0.3 is 11.9 Å². The van der Waals surface area contributed by atoms with Crippen LogP contribution in [0.3, 0.4) is 0 Å². The molecule has 0 unspecified atom stereocenters. The van der Waals surface area contributed by atoms with Crippen molar-refractivity contribution in [3.05, 3.63) is 24.8 Å². The first kappa shape index (κ1) is 21.9. The molecule has 0 saturated heterocycles. The standard InChI is InChI=1S/C12H24O2Si.C4H6O2/c1-8-12(13)14-15(9(2)3,10(4)5)11(6)7;1-3(2)4(5)6/h8-11H,1H2,2-7H3;1H2,2H3,(H,5,6). The first-order valence-electron chi connectivity index (χ1n) is 7.17. The fourth-order valence-electron chi connectivity index (χ4n) is 2.57. The van der Waals surface area contributed by atoms with Crippen LogP contribution in [0.5, 0.6) is 0 Å². The molecule has 0 aromatic rings. The molecule has 0 spiro atoms. The maximum Gasteiger partial charge on any atom is 0.330 e. The van der Waals surface area contributed by atoms with E-state index in [1.165, 1.54) is 13.0 Å². The number of carbonyl (C=O) groups excluding carboxylic acids is 1. The van der Waals surface area contributed by atoms with Crippen molar-refractivity contribution < 1.29 is 19.1 Å². The average Bonchev–Trinajstić information content (AvgIpc) is 2.34. The normalized spacial score (nSPS) is 11.0. The Balaban J connectivity index is 0. The molecule has 0 saturated carbocycles. The zero-order valence-corrected chi connectivity index (χ0v) is 15.4. The molecule has 122 valence electrons. The molecule has 0 aromatic carbocycles. The highest BCUT2D eigenvalue weighted by atomic mass is 28.4. The zero-order chi connectivity index (χ0) is 17.4. The lowest BCUT2D eigenvalue weighted by atomic mass is 10.4. The Kier molecular flexibility index (Phi) is 9.97. The van der Waals surface area contributed by atoms with Gasteiger partial charge in [0.25, 0.3) is 8.32 Å². The summed E-state index contributed by atoms with van der Waals surface area (Å²) in [5.74, 6) is -1.20. The summed E-state index contributed by atoms with van der Waals surface area (Å²) >= 11 is 0. The summed E-state index contributed by atoms with van der Waals surface area (Å²) < 4.78 is 5.75. The first-order valence-corrected chi connectivity index (χ1v) is 9.31. The second-order valence-electron chi connectivity index (χ2n) is 6.03. The van der Waals surface area contributed by atoms with E-state index in [0.717, 1.165) is 0 Å². The Hall–Kier alpha value is -1.36. The highest BCUT2D eigenvalue weighted by molar-refractivity contribution is 6.79. The molecule has 0 bridgehead atoms. The molecule has 5 heteroatoms. The lowest BCUT2D eigenvalue weighted by molar-refractivity contribution is -0.132. The van der Waals surface area contributed by atoms with E-state index < -0.39 is 14.3 Å². The van der Waals surface area contributed by atoms with Gasteiger partial charge < -0.3 is 9.53 Å². The van der Waals surface area contributed by atoms with Crippen molar-refractivity contribution in [1.29, 1.82) is 0 Å². The summed E-state index contributed by atoms with van der Waals surface area (Å²) in [5, 5.41) is 7.89. The number of carboxylic acids is 1. The third kappa shape index (κ3) is 6.75. The average molecular weight is 314 g/mol. The van der Waals surface area contributed by atoms with Gasteiger partial charge in [-0.05, 0) is 23.5 Å². The predicted octanol–water partition coefficient (Wildman–Crippen LogP) is 4.54. The van der Waals surface area contributed by atoms with E-state index in [1.54, 1.807) is 0 Å². The fourth-order valence-corrected chi connectivity index (χ4v) is 7.71. The van der Waals surface area contributed by atoms with Gasteiger partial charge in [-0.2, -0.15) is 0 Å². The molecule has 1 N–H and O–H groups in total. The lowest BCUT2D eigenvalue weighted by Gasteiger charge is -2.40. The third-order valence-corrected chi connectivity index (χ3v) is 9.49. The molecule has 0 fully saturated rings. The molecule has 0 rings (SSSR count). The van der Waals surface area contributed by atoms with Crippen LogP contribution in [0, 0.1) is 0 Å². The van der Waals surface area contributed by atoms with E-state index in [0.29, 0.717) is 16.6 Å². The fraction of sp³-hybridized carbons (Fsp3) is 0.625. The van der Waals surface area contributed by atoms with Gasteiger partial charge in [0.05, 0.1) is 0 Å². The van der Waals surface area contributed by atoms with Crippen LogP contribution in [0.25, 0.3) is 0 Å². The van der Waals surface area contributed by atoms with Crippen LogP contribution >= 0.6 is 0 Å². The molecule has 0 aliphatic carbocycles. The van der Waals surface area contributed by atoms with Crippen molar-refractivity contribution in [2.75, 3.05) is 0 Å². The summed E-state index contributed by atoms with van der Waals surface area (Å²) in [6.45, 7) is 21.0. The summed E-state index contributed by atoms with van der Waals surface area (Å²) in [4.78, 5) is 21.0. The van der Waals surface area contributed by atoms with Crippen LogP contribution in [-0.4, -0.2) is 25.4 Å². The van der Waals surface area contributed by atoms with E-state index >= 15 is 0 Å². The highest BCUT2D eigenvalue weighted by Gasteiger charge is 2.47. The van der Waals surface area contributed by atoms with E-state index in [9.17, 15) is 9.59 Å². The number of carboxylic acid groups (broad SMARTS) is 1. The minimum absolute atomic E-state index is 0.176. The topological polar surface area (TPSA) is 63.6 Å². The molecule has 4 nitrogen and oxygen atoms in total. The van der Waals surface area contributed by atoms with Crippen LogP contribution in [0.2, 0.25) is 16.6 Å². The maximum atomic E-state index is 11.4. The van der Waals surface area contributed by atoms with Crippen molar-refractivity contribution in [2.24, 2.45) is 0 Å². The van der Waals surface area contributed by atoms with E-state index in [2.05, 4.69) is 54.7 Å². The second-order valence-corrected chi connectivity index (χ2v) is 11.4. The molecule has 0 radical (unpaired) electrons. The van der Waals surface area contributed by atoms with Crippen LogP contribution in [0.1, 0.15) is 48.5 Å². The molecule has 0 amide bonds. The molecule has 0 atom stereocenters. The third-order valence-electron chi connectivity index (χ3n) is 3.52. The van der Waals surface area contributed by atoms with Gasteiger partial charge in [0, 0.05) is 11.6 Å². The molecule has 0 aliphatic rings. The Labute approximate surface area is 130 Å². The number of rotatable bonds is 6. The Morgan fingerprint density at radius 1 is 1.05 bits per heavy atom. The monoisotopic (exact) mass is 314 g/mol. The van der Waals surface area contributed by atoms with Crippen LogP contribution in [0.15, 0.2) is 24.8 Å². The van der Waals surface area contributed by atoms with E-state index in [-0.39, 0.29) is 11.5 Å².